The Bertz CT molecular complexity index is 572. The average Bonchev–Trinajstić information content (AvgIpc) is 3.05. The van der Waals surface area contributed by atoms with Crippen LogP contribution >= 0.6 is 0 Å². The number of carbonyl (C=O) groups is 2. The van der Waals surface area contributed by atoms with Crippen molar-refractivity contribution in [1.29, 1.82) is 0 Å². The minimum atomic E-state index is -0.999. The molecular formula is C16H23N3O4. The standard InChI is InChI=1S/C16H23N3O4/c1-23-11-15(3-2-4-15)13(20)18-8-5-16(6-9-18,14(21)22)19-10-7-17-12-19/h7,10,12H,2-6,8-9,11H2,1H3,(H,21,22). The maximum Gasteiger partial charge on any atom is 0.330 e. The van der Waals surface area contributed by atoms with Crippen molar-refractivity contribution >= 4 is 11.9 Å². The highest BCUT2D eigenvalue weighted by atomic mass is 16.5. The second kappa shape index (κ2) is 5.96. The van der Waals surface area contributed by atoms with Gasteiger partial charge in [0, 0.05) is 32.6 Å². The van der Waals surface area contributed by atoms with Crippen LogP contribution in [-0.4, -0.2) is 58.2 Å². The predicted octanol–water partition coefficient (Wildman–Crippen LogP) is 1.10. The highest BCUT2D eigenvalue weighted by Crippen LogP contribution is 2.44. The molecule has 1 saturated heterocycles. The summed E-state index contributed by atoms with van der Waals surface area (Å²) in [6.45, 7) is 1.36. The smallest absolute Gasteiger partial charge is 0.330 e. The van der Waals surface area contributed by atoms with Crippen molar-refractivity contribution in [3.8, 4) is 0 Å². The van der Waals surface area contributed by atoms with Crippen LogP contribution in [0.25, 0.3) is 0 Å². The van der Waals surface area contributed by atoms with Gasteiger partial charge in [0.1, 0.15) is 5.54 Å². The number of imidazole rings is 1. The molecule has 0 spiro atoms. The van der Waals surface area contributed by atoms with Crippen LogP contribution < -0.4 is 0 Å². The van der Waals surface area contributed by atoms with Gasteiger partial charge in [-0.05, 0) is 25.7 Å². The number of hydrogen-bond donors (Lipinski definition) is 1. The zero-order valence-electron chi connectivity index (χ0n) is 13.4. The average molecular weight is 321 g/mol. The fourth-order valence-electron chi connectivity index (χ4n) is 3.81. The van der Waals surface area contributed by atoms with Gasteiger partial charge in [-0.25, -0.2) is 9.78 Å². The molecule has 1 aliphatic carbocycles. The Morgan fingerprint density at radius 3 is 2.39 bits per heavy atom. The van der Waals surface area contributed by atoms with Crippen molar-refractivity contribution in [1.82, 2.24) is 14.5 Å². The lowest BCUT2D eigenvalue weighted by Crippen LogP contribution is -2.57. The maximum absolute atomic E-state index is 12.8. The van der Waals surface area contributed by atoms with Crippen LogP contribution in [0.1, 0.15) is 32.1 Å². The van der Waals surface area contributed by atoms with E-state index in [0.29, 0.717) is 32.5 Å². The van der Waals surface area contributed by atoms with Gasteiger partial charge in [-0.2, -0.15) is 0 Å². The normalized spacial score (nSPS) is 22.4. The van der Waals surface area contributed by atoms with E-state index in [1.165, 1.54) is 0 Å². The number of carboxylic acids is 1. The SMILES string of the molecule is COCC1(C(=O)N2CCC(C(=O)O)(n3ccnc3)CC2)CCC1. The molecule has 1 aromatic rings. The Morgan fingerprint density at radius 2 is 1.96 bits per heavy atom. The third-order valence-corrected chi connectivity index (χ3v) is 5.46. The summed E-state index contributed by atoms with van der Waals surface area (Å²) in [5.74, 6) is -0.743. The molecule has 0 radical (unpaired) electrons. The summed E-state index contributed by atoms with van der Waals surface area (Å²) in [4.78, 5) is 30.5. The minimum absolute atomic E-state index is 0.121. The van der Waals surface area contributed by atoms with Crippen LogP contribution in [0, 0.1) is 5.41 Å². The van der Waals surface area contributed by atoms with Crippen LogP contribution in [0.2, 0.25) is 0 Å². The molecular weight excluding hydrogens is 298 g/mol. The molecule has 1 aromatic heterocycles. The van der Waals surface area contributed by atoms with Gasteiger partial charge in [-0.1, -0.05) is 6.42 Å². The third-order valence-electron chi connectivity index (χ3n) is 5.46. The molecule has 2 heterocycles. The summed E-state index contributed by atoms with van der Waals surface area (Å²) in [6.07, 6.45) is 8.39. The van der Waals surface area contributed by atoms with Gasteiger partial charge < -0.3 is 19.3 Å². The van der Waals surface area contributed by atoms with Crippen LogP contribution in [-0.2, 0) is 19.9 Å². The maximum atomic E-state index is 12.8. The fraction of sp³-hybridized carbons (Fsp3) is 0.688. The lowest BCUT2D eigenvalue weighted by atomic mass is 9.68. The van der Waals surface area contributed by atoms with E-state index >= 15 is 0 Å². The quantitative estimate of drug-likeness (QED) is 0.878. The molecule has 7 nitrogen and oxygen atoms in total. The summed E-state index contributed by atoms with van der Waals surface area (Å²) in [6, 6.07) is 0. The first-order valence-corrected chi connectivity index (χ1v) is 8.04. The van der Waals surface area contributed by atoms with Gasteiger partial charge in [0.05, 0.1) is 18.3 Å². The van der Waals surface area contributed by atoms with Gasteiger partial charge >= 0.3 is 5.97 Å². The number of nitrogens with zero attached hydrogens (tertiary/aromatic N) is 3. The number of methoxy groups -OCH3 is 1. The number of ether oxygens (including phenoxy) is 1. The number of hydrogen-bond acceptors (Lipinski definition) is 4. The summed E-state index contributed by atoms with van der Waals surface area (Å²) >= 11 is 0. The molecule has 1 saturated carbocycles. The number of amides is 1. The largest absolute Gasteiger partial charge is 0.479 e. The third kappa shape index (κ3) is 2.52. The number of aliphatic carboxylic acids is 1. The number of carbonyl (C=O) groups excluding carboxylic acids is 1. The molecule has 7 heteroatoms. The highest BCUT2D eigenvalue weighted by Gasteiger charge is 2.50. The summed E-state index contributed by atoms with van der Waals surface area (Å²) in [5.41, 5.74) is -1.38. The number of aromatic nitrogens is 2. The summed E-state index contributed by atoms with van der Waals surface area (Å²) in [7, 11) is 1.62. The molecule has 2 aliphatic rings. The molecule has 126 valence electrons. The van der Waals surface area contributed by atoms with E-state index in [0.717, 1.165) is 19.3 Å². The van der Waals surface area contributed by atoms with E-state index in [2.05, 4.69) is 4.98 Å². The number of piperidine rings is 1. The molecule has 1 N–H and O–H groups in total. The molecule has 0 atom stereocenters. The summed E-state index contributed by atoms with van der Waals surface area (Å²) in [5, 5.41) is 9.71. The van der Waals surface area contributed by atoms with Gasteiger partial charge in [-0.15, -0.1) is 0 Å². The molecule has 1 aliphatic heterocycles. The van der Waals surface area contributed by atoms with Gasteiger partial charge in [0.15, 0.2) is 0 Å². The van der Waals surface area contributed by atoms with E-state index in [1.54, 1.807) is 30.4 Å². The minimum Gasteiger partial charge on any atom is -0.479 e. The number of rotatable bonds is 5. The molecule has 0 bridgehead atoms. The van der Waals surface area contributed by atoms with Crippen LogP contribution in [0.3, 0.4) is 0 Å². The Labute approximate surface area is 135 Å². The number of likely N-dealkylation sites (tertiary alicyclic amines) is 1. The monoisotopic (exact) mass is 321 g/mol. The van der Waals surface area contributed by atoms with Gasteiger partial charge in [0.25, 0.3) is 0 Å². The van der Waals surface area contributed by atoms with Crippen LogP contribution in [0.15, 0.2) is 18.7 Å². The zero-order chi connectivity index (χ0) is 16.5. The van der Waals surface area contributed by atoms with E-state index < -0.39 is 11.5 Å². The van der Waals surface area contributed by atoms with E-state index in [-0.39, 0.29) is 11.3 Å². The molecule has 0 unspecified atom stereocenters. The highest BCUT2D eigenvalue weighted by molar-refractivity contribution is 5.84. The molecule has 1 amide bonds. The van der Waals surface area contributed by atoms with Crippen LogP contribution in [0.5, 0.6) is 0 Å². The Morgan fingerprint density at radius 1 is 1.26 bits per heavy atom. The van der Waals surface area contributed by atoms with Crippen molar-refractivity contribution in [3.05, 3.63) is 18.7 Å². The first-order valence-electron chi connectivity index (χ1n) is 8.04. The Hall–Kier alpha value is -1.89. The molecule has 3 rings (SSSR count). The van der Waals surface area contributed by atoms with Gasteiger partial charge in [-0.3, -0.25) is 4.79 Å². The van der Waals surface area contributed by atoms with Crippen molar-refractivity contribution in [2.75, 3.05) is 26.8 Å². The topological polar surface area (TPSA) is 84.7 Å². The van der Waals surface area contributed by atoms with E-state index in [1.807, 2.05) is 4.90 Å². The van der Waals surface area contributed by atoms with Crippen molar-refractivity contribution < 1.29 is 19.4 Å². The fourth-order valence-corrected chi connectivity index (χ4v) is 3.81. The van der Waals surface area contributed by atoms with E-state index in [4.69, 9.17) is 4.74 Å². The first-order chi connectivity index (χ1) is 11.0. The Kier molecular flexibility index (Phi) is 4.14. The van der Waals surface area contributed by atoms with Crippen LogP contribution in [0.4, 0.5) is 0 Å². The lowest BCUT2D eigenvalue weighted by Gasteiger charge is -2.46. The van der Waals surface area contributed by atoms with Crippen molar-refractivity contribution in [2.45, 2.75) is 37.6 Å². The Balaban J connectivity index is 1.72. The van der Waals surface area contributed by atoms with E-state index in [9.17, 15) is 14.7 Å². The molecule has 23 heavy (non-hydrogen) atoms. The number of carboxylic acid groups (broad SMARTS) is 1. The van der Waals surface area contributed by atoms with Gasteiger partial charge in [0.2, 0.25) is 5.91 Å². The molecule has 0 aromatic carbocycles. The molecule has 2 fully saturated rings. The predicted molar refractivity (Wildman–Crippen MR) is 81.8 cm³/mol. The lowest BCUT2D eigenvalue weighted by molar-refractivity contribution is -0.160. The second-order valence-electron chi connectivity index (χ2n) is 6.67. The second-order valence-corrected chi connectivity index (χ2v) is 6.67. The summed E-state index contributed by atoms with van der Waals surface area (Å²) < 4.78 is 6.90. The first kappa shape index (κ1) is 16.0. The van der Waals surface area contributed by atoms with Crippen molar-refractivity contribution in [2.24, 2.45) is 5.41 Å². The van der Waals surface area contributed by atoms with Crippen molar-refractivity contribution in [3.63, 3.8) is 0 Å². The zero-order valence-corrected chi connectivity index (χ0v) is 13.4.